The number of hydrogen-bond donors (Lipinski definition) is 2. The largest absolute Gasteiger partial charge is 0.491 e. The van der Waals surface area contributed by atoms with Crippen LogP contribution in [0.1, 0.15) is 45.2 Å². The average Bonchev–Trinajstić information content (AvgIpc) is 2.38. The van der Waals surface area contributed by atoms with Gasteiger partial charge in [0.15, 0.2) is 0 Å². The summed E-state index contributed by atoms with van der Waals surface area (Å²) in [6.45, 7) is 6.85. The summed E-state index contributed by atoms with van der Waals surface area (Å²) in [7, 11) is 1.89. The Morgan fingerprint density at radius 1 is 1.30 bits per heavy atom. The van der Waals surface area contributed by atoms with Crippen LogP contribution < -0.4 is 15.4 Å². The molecular formula is C16H26N2O2. The molecule has 4 heteroatoms. The predicted octanol–water partition coefficient (Wildman–Crippen LogP) is 2.65. The highest BCUT2D eigenvalue weighted by atomic mass is 16.5. The van der Waals surface area contributed by atoms with Gasteiger partial charge in [0.05, 0.1) is 12.1 Å². The fourth-order valence-electron chi connectivity index (χ4n) is 1.95. The molecule has 0 aliphatic carbocycles. The molecule has 1 unspecified atom stereocenters. The number of ether oxygens (including phenoxy) is 1. The number of hydrogen-bond acceptors (Lipinski definition) is 3. The van der Waals surface area contributed by atoms with Gasteiger partial charge in [0.1, 0.15) is 5.75 Å². The van der Waals surface area contributed by atoms with Crippen LogP contribution >= 0.6 is 0 Å². The number of carbonyl (C=O) groups is 1. The molecule has 1 amide bonds. The Hall–Kier alpha value is -1.55. The van der Waals surface area contributed by atoms with E-state index in [1.54, 1.807) is 0 Å². The van der Waals surface area contributed by atoms with Crippen LogP contribution in [0.15, 0.2) is 24.3 Å². The summed E-state index contributed by atoms with van der Waals surface area (Å²) < 4.78 is 5.67. The number of benzene rings is 1. The van der Waals surface area contributed by atoms with Crippen LogP contribution in [0.2, 0.25) is 0 Å². The summed E-state index contributed by atoms with van der Waals surface area (Å²) in [4.78, 5) is 11.8. The smallest absolute Gasteiger partial charge is 0.220 e. The van der Waals surface area contributed by atoms with Crippen molar-refractivity contribution in [2.24, 2.45) is 0 Å². The summed E-state index contributed by atoms with van der Waals surface area (Å²) in [5.41, 5.74) is 1.06. The van der Waals surface area contributed by atoms with Crippen LogP contribution in [0.4, 0.5) is 0 Å². The van der Waals surface area contributed by atoms with Crippen molar-refractivity contribution in [1.29, 1.82) is 0 Å². The monoisotopic (exact) mass is 278 g/mol. The molecular weight excluding hydrogens is 252 g/mol. The van der Waals surface area contributed by atoms with E-state index in [9.17, 15) is 4.79 Å². The molecule has 0 saturated heterocycles. The minimum atomic E-state index is -0.00667. The third-order valence-electron chi connectivity index (χ3n) is 2.94. The molecule has 1 aromatic carbocycles. The Balaban J connectivity index is 2.54. The van der Waals surface area contributed by atoms with Gasteiger partial charge in [-0.2, -0.15) is 0 Å². The fraction of sp³-hybridized carbons (Fsp3) is 0.562. The Morgan fingerprint density at radius 2 is 2.05 bits per heavy atom. The summed E-state index contributed by atoms with van der Waals surface area (Å²) >= 11 is 0. The first kappa shape index (κ1) is 16.5. The summed E-state index contributed by atoms with van der Waals surface area (Å²) in [5.74, 6) is 0.928. The number of carbonyl (C=O) groups excluding carboxylic acids is 1. The standard InChI is InChI=1S/C16H26N2O2/c1-12(2)20-15-8-5-7-14(11-15)13(3)18-16(19)9-6-10-17-4/h5,7-8,11-13,17H,6,9-10H2,1-4H3,(H,18,19). The normalized spacial score (nSPS) is 12.2. The van der Waals surface area contributed by atoms with Crippen molar-refractivity contribution in [3.8, 4) is 5.75 Å². The molecule has 20 heavy (non-hydrogen) atoms. The average molecular weight is 278 g/mol. The van der Waals surface area contributed by atoms with Gasteiger partial charge in [-0.3, -0.25) is 4.79 Å². The third-order valence-corrected chi connectivity index (χ3v) is 2.94. The van der Waals surface area contributed by atoms with Crippen molar-refractivity contribution in [2.45, 2.75) is 45.8 Å². The predicted molar refractivity (Wildman–Crippen MR) is 81.9 cm³/mol. The maximum atomic E-state index is 11.8. The zero-order chi connectivity index (χ0) is 15.0. The zero-order valence-electron chi connectivity index (χ0n) is 12.9. The molecule has 1 rings (SSSR count). The molecule has 0 heterocycles. The van der Waals surface area contributed by atoms with E-state index in [0.29, 0.717) is 6.42 Å². The Bertz CT molecular complexity index is 419. The molecule has 0 aliphatic heterocycles. The van der Waals surface area contributed by atoms with Crippen molar-refractivity contribution in [3.63, 3.8) is 0 Å². The minimum Gasteiger partial charge on any atom is -0.491 e. The lowest BCUT2D eigenvalue weighted by Crippen LogP contribution is -2.27. The molecule has 1 aromatic rings. The fourth-order valence-corrected chi connectivity index (χ4v) is 1.95. The lowest BCUT2D eigenvalue weighted by atomic mass is 10.1. The van der Waals surface area contributed by atoms with Crippen molar-refractivity contribution >= 4 is 5.91 Å². The number of amides is 1. The Kier molecular flexibility index (Phi) is 7.09. The zero-order valence-corrected chi connectivity index (χ0v) is 12.9. The van der Waals surface area contributed by atoms with E-state index in [-0.39, 0.29) is 18.1 Å². The molecule has 112 valence electrons. The van der Waals surface area contributed by atoms with E-state index < -0.39 is 0 Å². The SMILES string of the molecule is CNCCCC(=O)NC(C)c1cccc(OC(C)C)c1. The summed E-state index contributed by atoms with van der Waals surface area (Å²) in [5, 5.41) is 6.05. The Labute approximate surface area is 121 Å². The topological polar surface area (TPSA) is 50.4 Å². The van der Waals surface area contributed by atoms with Crippen LogP contribution in [-0.4, -0.2) is 25.6 Å². The maximum Gasteiger partial charge on any atom is 0.220 e. The van der Waals surface area contributed by atoms with Crippen molar-refractivity contribution in [2.75, 3.05) is 13.6 Å². The lowest BCUT2D eigenvalue weighted by molar-refractivity contribution is -0.121. The quantitative estimate of drug-likeness (QED) is 0.719. The van der Waals surface area contributed by atoms with Crippen LogP contribution in [0, 0.1) is 0 Å². The number of rotatable bonds is 8. The van der Waals surface area contributed by atoms with Crippen molar-refractivity contribution < 1.29 is 9.53 Å². The van der Waals surface area contributed by atoms with E-state index in [2.05, 4.69) is 10.6 Å². The highest BCUT2D eigenvalue weighted by molar-refractivity contribution is 5.76. The maximum absolute atomic E-state index is 11.8. The van der Waals surface area contributed by atoms with E-state index in [0.717, 1.165) is 24.3 Å². The van der Waals surface area contributed by atoms with Crippen LogP contribution in [-0.2, 0) is 4.79 Å². The Morgan fingerprint density at radius 3 is 2.70 bits per heavy atom. The molecule has 0 radical (unpaired) electrons. The lowest BCUT2D eigenvalue weighted by Gasteiger charge is -2.16. The first-order valence-corrected chi connectivity index (χ1v) is 7.23. The van der Waals surface area contributed by atoms with Crippen molar-refractivity contribution in [3.05, 3.63) is 29.8 Å². The van der Waals surface area contributed by atoms with Gasteiger partial charge in [0.25, 0.3) is 0 Å². The number of nitrogens with one attached hydrogen (secondary N) is 2. The van der Waals surface area contributed by atoms with Gasteiger partial charge in [-0.25, -0.2) is 0 Å². The molecule has 0 aromatic heterocycles. The third kappa shape index (κ3) is 6.06. The van der Waals surface area contributed by atoms with E-state index in [1.165, 1.54) is 0 Å². The van der Waals surface area contributed by atoms with E-state index in [4.69, 9.17) is 4.74 Å². The first-order chi connectivity index (χ1) is 9.52. The van der Waals surface area contributed by atoms with Gasteiger partial charge in [-0.1, -0.05) is 12.1 Å². The van der Waals surface area contributed by atoms with Crippen LogP contribution in [0.5, 0.6) is 5.75 Å². The second-order valence-electron chi connectivity index (χ2n) is 5.24. The molecule has 0 bridgehead atoms. The van der Waals surface area contributed by atoms with Gasteiger partial charge < -0.3 is 15.4 Å². The molecule has 4 nitrogen and oxygen atoms in total. The van der Waals surface area contributed by atoms with Gasteiger partial charge in [-0.05, 0) is 58.5 Å². The molecule has 0 saturated carbocycles. The van der Waals surface area contributed by atoms with Crippen LogP contribution in [0.3, 0.4) is 0 Å². The van der Waals surface area contributed by atoms with Gasteiger partial charge >= 0.3 is 0 Å². The van der Waals surface area contributed by atoms with Gasteiger partial charge in [0.2, 0.25) is 5.91 Å². The summed E-state index contributed by atoms with van der Waals surface area (Å²) in [6.07, 6.45) is 1.55. The molecule has 1 atom stereocenters. The first-order valence-electron chi connectivity index (χ1n) is 7.23. The van der Waals surface area contributed by atoms with Gasteiger partial charge in [0, 0.05) is 6.42 Å². The van der Waals surface area contributed by atoms with Crippen LogP contribution in [0.25, 0.3) is 0 Å². The highest BCUT2D eigenvalue weighted by Crippen LogP contribution is 2.20. The molecule has 2 N–H and O–H groups in total. The molecule has 0 fully saturated rings. The highest BCUT2D eigenvalue weighted by Gasteiger charge is 2.10. The van der Waals surface area contributed by atoms with Gasteiger partial charge in [-0.15, -0.1) is 0 Å². The second-order valence-corrected chi connectivity index (χ2v) is 5.24. The molecule has 0 spiro atoms. The summed E-state index contributed by atoms with van der Waals surface area (Å²) in [6, 6.07) is 7.87. The van der Waals surface area contributed by atoms with E-state index in [1.807, 2.05) is 52.1 Å². The van der Waals surface area contributed by atoms with E-state index >= 15 is 0 Å². The second kappa shape index (κ2) is 8.59. The van der Waals surface area contributed by atoms with Crippen molar-refractivity contribution in [1.82, 2.24) is 10.6 Å². The molecule has 0 aliphatic rings. The minimum absolute atomic E-state index is 0.00667.